The zero-order valence-corrected chi connectivity index (χ0v) is 11.8. The molecule has 0 fully saturated rings. The van der Waals surface area contributed by atoms with Gasteiger partial charge in [0.25, 0.3) is 0 Å². The summed E-state index contributed by atoms with van der Waals surface area (Å²) in [6.45, 7) is 2.43. The normalized spacial score (nSPS) is 12.4. The molecule has 0 aliphatic carbocycles. The predicted octanol–water partition coefficient (Wildman–Crippen LogP) is 3.32. The van der Waals surface area contributed by atoms with Crippen LogP contribution < -0.4 is 5.32 Å². The van der Waals surface area contributed by atoms with Crippen LogP contribution in [-0.4, -0.2) is 17.1 Å². The van der Waals surface area contributed by atoms with Crippen molar-refractivity contribution >= 4 is 21.9 Å². The standard InChI is InChI=1S/C13H17BrFNO2/c1-2-3-4-12(13(17)18)16-8-9-5-6-10(15)7-11(9)14/h5-7,12,16H,2-4,8H2,1H3,(H,17,18). The molecule has 0 aromatic heterocycles. The van der Waals surface area contributed by atoms with Gasteiger partial charge in [-0.1, -0.05) is 41.8 Å². The lowest BCUT2D eigenvalue weighted by Gasteiger charge is -2.14. The van der Waals surface area contributed by atoms with Crippen molar-refractivity contribution in [3.8, 4) is 0 Å². The highest BCUT2D eigenvalue weighted by molar-refractivity contribution is 9.10. The Bertz CT molecular complexity index is 412. The van der Waals surface area contributed by atoms with Crippen molar-refractivity contribution in [1.29, 1.82) is 0 Å². The van der Waals surface area contributed by atoms with Crippen molar-refractivity contribution < 1.29 is 14.3 Å². The van der Waals surface area contributed by atoms with Crippen molar-refractivity contribution in [2.75, 3.05) is 0 Å². The molecule has 0 aliphatic rings. The summed E-state index contributed by atoms with van der Waals surface area (Å²) in [4.78, 5) is 11.0. The summed E-state index contributed by atoms with van der Waals surface area (Å²) in [5.41, 5.74) is 0.846. The summed E-state index contributed by atoms with van der Waals surface area (Å²) >= 11 is 3.26. The predicted molar refractivity (Wildman–Crippen MR) is 71.9 cm³/mol. The summed E-state index contributed by atoms with van der Waals surface area (Å²) in [6, 6.07) is 3.83. The molecule has 3 nitrogen and oxygen atoms in total. The van der Waals surface area contributed by atoms with Gasteiger partial charge in [-0.3, -0.25) is 4.79 Å². The van der Waals surface area contributed by atoms with Crippen molar-refractivity contribution in [2.24, 2.45) is 0 Å². The Morgan fingerprint density at radius 1 is 1.56 bits per heavy atom. The minimum Gasteiger partial charge on any atom is -0.480 e. The smallest absolute Gasteiger partial charge is 0.320 e. The number of rotatable bonds is 7. The molecule has 0 bridgehead atoms. The Kier molecular flexibility index (Phi) is 6.29. The molecular weight excluding hydrogens is 301 g/mol. The van der Waals surface area contributed by atoms with Gasteiger partial charge in [0.2, 0.25) is 0 Å². The Labute approximate surface area is 115 Å². The van der Waals surface area contributed by atoms with Crippen LogP contribution in [0, 0.1) is 5.82 Å². The van der Waals surface area contributed by atoms with Crippen LogP contribution >= 0.6 is 15.9 Å². The quantitative estimate of drug-likeness (QED) is 0.811. The molecule has 1 aromatic carbocycles. The van der Waals surface area contributed by atoms with E-state index in [4.69, 9.17) is 5.11 Å². The average molecular weight is 318 g/mol. The number of aliphatic carboxylic acids is 1. The summed E-state index contributed by atoms with van der Waals surface area (Å²) in [7, 11) is 0. The monoisotopic (exact) mass is 317 g/mol. The van der Waals surface area contributed by atoms with Crippen molar-refractivity contribution in [2.45, 2.75) is 38.8 Å². The molecule has 0 aliphatic heterocycles. The van der Waals surface area contributed by atoms with E-state index < -0.39 is 12.0 Å². The molecule has 0 amide bonds. The van der Waals surface area contributed by atoms with Gasteiger partial charge in [0.05, 0.1) is 0 Å². The summed E-state index contributed by atoms with van der Waals surface area (Å²) < 4.78 is 13.5. The first kappa shape index (κ1) is 15.1. The van der Waals surface area contributed by atoms with Crippen molar-refractivity contribution in [1.82, 2.24) is 5.32 Å². The van der Waals surface area contributed by atoms with Crippen LogP contribution in [0.5, 0.6) is 0 Å². The highest BCUT2D eigenvalue weighted by Crippen LogP contribution is 2.18. The van der Waals surface area contributed by atoms with Gasteiger partial charge in [-0.25, -0.2) is 4.39 Å². The second kappa shape index (κ2) is 7.48. The molecule has 1 aromatic rings. The van der Waals surface area contributed by atoms with Gasteiger partial charge in [-0.15, -0.1) is 0 Å². The third kappa shape index (κ3) is 4.74. The first-order valence-corrected chi connectivity index (χ1v) is 6.74. The maximum Gasteiger partial charge on any atom is 0.320 e. The molecule has 0 heterocycles. The lowest BCUT2D eigenvalue weighted by Crippen LogP contribution is -2.36. The lowest BCUT2D eigenvalue weighted by molar-refractivity contribution is -0.139. The molecule has 0 saturated carbocycles. The van der Waals surface area contributed by atoms with Crippen LogP contribution in [0.25, 0.3) is 0 Å². The van der Waals surface area contributed by atoms with Crippen molar-refractivity contribution in [3.05, 3.63) is 34.1 Å². The molecule has 0 spiro atoms. The third-order valence-electron chi connectivity index (χ3n) is 2.70. The Balaban J connectivity index is 2.58. The van der Waals surface area contributed by atoms with Crippen LogP contribution in [0.1, 0.15) is 31.7 Å². The number of carboxylic acid groups (broad SMARTS) is 1. The van der Waals surface area contributed by atoms with Crippen LogP contribution in [0.3, 0.4) is 0 Å². The third-order valence-corrected chi connectivity index (χ3v) is 3.44. The molecular formula is C13H17BrFNO2. The number of carbonyl (C=O) groups is 1. The second-order valence-corrected chi connectivity index (χ2v) is 5.00. The minimum absolute atomic E-state index is 0.314. The number of halogens is 2. The van der Waals surface area contributed by atoms with Gasteiger partial charge in [0, 0.05) is 11.0 Å². The number of hydrogen-bond donors (Lipinski definition) is 2. The molecule has 1 unspecified atom stereocenters. The molecule has 0 saturated heterocycles. The van der Waals surface area contributed by atoms with E-state index in [-0.39, 0.29) is 5.82 Å². The van der Waals surface area contributed by atoms with Crippen LogP contribution in [0.15, 0.2) is 22.7 Å². The number of hydrogen-bond acceptors (Lipinski definition) is 2. The van der Waals surface area contributed by atoms with E-state index in [1.54, 1.807) is 6.07 Å². The number of benzene rings is 1. The maximum absolute atomic E-state index is 12.9. The molecule has 1 rings (SSSR count). The molecule has 18 heavy (non-hydrogen) atoms. The van der Waals surface area contributed by atoms with Gasteiger partial charge in [0.15, 0.2) is 0 Å². The van der Waals surface area contributed by atoms with E-state index >= 15 is 0 Å². The largest absolute Gasteiger partial charge is 0.480 e. The minimum atomic E-state index is -0.846. The van der Waals surface area contributed by atoms with Gasteiger partial charge < -0.3 is 10.4 Å². The van der Waals surface area contributed by atoms with E-state index in [0.29, 0.717) is 17.4 Å². The fourth-order valence-corrected chi connectivity index (χ4v) is 2.11. The first-order chi connectivity index (χ1) is 8.54. The molecule has 2 N–H and O–H groups in total. The molecule has 0 radical (unpaired) electrons. The van der Waals surface area contributed by atoms with E-state index in [9.17, 15) is 9.18 Å². The zero-order chi connectivity index (χ0) is 13.5. The van der Waals surface area contributed by atoms with E-state index in [1.807, 2.05) is 6.92 Å². The number of unbranched alkanes of at least 4 members (excludes halogenated alkanes) is 1. The fraction of sp³-hybridized carbons (Fsp3) is 0.462. The Hall–Kier alpha value is -0.940. The number of nitrogens with one attached hydrogen (secondary N) is 1. The van der Waals surface area contributed by atoms with Crippen LogP contribution in [-0.2, 0) is 11.3 Å². The van der Waals surface area contributed by atoms with Gasteiger partial charge >= 0.3 is 5.97 Å². The Morgan fingerprint density at radius 2 is 2.28 bits per heavy atom. The Morgan fingerprint density at radius 3 is 2.83 bits per heavy atom. The average Bonchev–Trinajstić information content (AvgIpc) is 2.31. The lowest BCUT2D eigenvalue weighted by atomic mass is 10.1. The van der Waals surface area contributed by atoms with E-state index in [1.165, 1.54) is 12.1 Å². The highest BCUT2D eigenvalue weighted by Gasteiger charge is 2.16. The highest BCUT2D eigenvalue weighted by atomic mass is 79.9. The van der Waals surface area contributed by atoms with E-state index in [2.05, 4.69) is 21.2 Å². The molecule has 1 atom stereocenters. The van der Waals surface area contributed by atoms with Crippen molar-refractivity contribution in [3.63, 3.8) is 0 Å². The maximum atomic E-state index is 12.9. The summed E-state index contributed by atoms with van der Waals surface area (Å²) in [5.74, 6) is -1.16. The summed E-state index contributed by atoms with van der Waals surface area (Å²) in [5, 5.41) is 12.0. The zero-order valence-electron chi connectivity index (χ0n) is 10.2. The van der Waals surface area contributed by atoms with Gasteiger partial charge in [-0.05, 0) is 24.1 Å². The second-order valence-electron chi connectivity index (χ2n) is 4.15. The topological polar surface area (TPSA) is 49.3 Å². The van der Waals surface area contributed by atoms with Crippen LogP contribution in [0.2, 0.25) is 0 Å². The molecule has 5 heteroatoms. The molecule has 100 valence electrons. The van der Waals surface area contributed by atoms with Gasteiger partial charge in [0.1, 0.15) is 11.9 Å². The summed E-state index contributed by atoms with van der Waals surface area (Å²) in [6.07, 6.45) is 2.44. The SMILES string of the molecule is CCCCC(NCc1ccc(F)cc1Br)C(=O)O. The fourth-order valence-electron chi connectivity index (χ4n) is 1.62. The first-order valence-electron chi connectivity index (χ1n) is 5.94. The number of carboxylic acids is 1. The van der Waals surface area contributed by atoms with Gasteiger partial charge in [-0.2, -0.15) is 0 Å². The van der Waals surface area contributed by atoms with Crippen LogP contribution in [0.4, 0.5) is 4.39 Å². The van der Waals surface area contributed by atoms with E-state index in [0.717, 1.165) is 18.4 Å².